The molecule has 0 aliphatic carbocycles. The first-order chi connectivity index (χ1) is 15.3. The molecule has 1 aromatic carbocycles. The number of rotatable bonds is 7. The molecule has 0 saturated heterocycles. The quantitative estimate of drug-likeness (QED) is 0.441. The van der Waals surface area contributed by atoms with E-state index in [1.165, 1.54) is 9.13 Å². The average molecular weight is 440 g/mol. The van der Waals surface area contributed by atoms with Gasteiger partial charge in [-0.05, 0) is 37.0 Å². The van der Waals surface area contributed by atoms with E-state index in [2.05, 4.69) is 9.55 Å². The molecule has 0 unspecified atom stereocenters. The number of fused-ring (bicyclic) bond motifs is 3. The Morgan fingerprint density at radius 2 is 1.78 bits per heavy atom. The number of hydrogen-bond acceptors (Lipinski definition) is 5. The maximum Gasteiger partial charge on any atom is 0.332 e. The fourth-order valence-corrected chi connectivity index (χ4v) is 4.13. The first-order valence-corrected chi connectivity index (χ1v) is 10.7. The van der Waals surface area contributed by atoms with Gasteiger partial charge in [-0.2, -0.15) is 4.98 Å². The van der Waals surface area contributed by atoms with Gasteiger partial charge in [0.1, 0.15) is 0 Å². The van der Waals surface area contributed by atoms with Crippen LogP contribution in [0.1, 0.15) is 25.1 Å². The lowest BCUT2D eigenvalue weighted by molar-refractivity contribution is 0.354. The van der Waals surface area contributed by atoms with E-state index < -0.39 is 0 Å². The van der Waals surface area contributed by atoms with E-state index in [9.17, 15) is 9.59 Å². The van der Waals surface area contributed by atoms with Crippen LogP contribution in [0.15, 0.2) is 34.0 Å². The second-order valence-corrected chi connectivity index (χ2v) is 8.47. The van der Waals surface area contributed by atoms with Crippen molar-refractivity contribution in [1.82, 2.24) is 23.1 Å². The summed E-state index contributed by atoms with van der Waals surface area (Å²) < 4.78 is 17.3. The summed E-state index contributed by atoms with van der Waals surface area (Å²) in [5, 5.41) is 0. The molecule has 0 fully saturated rings. The van der Waals surface area contributed by atoms with E-state index in [-0.39, 0.29) is 17.2 Å². The molecule has 32 heavy (non-hydrogen) atoms. The van der Waals surface area contributed by atoms with Gasteiger partial charge in [-0.25, -0.2) is 4.79 Å². The molecule has 0 spiro atoms. The van der Waals surface area contributed by atoms with Crippen molar-refractivity contribution in [3.05, 3.63) is 56.5 Å². The molecule has 0 N–H and O–H groups in total. The maximum absolute atomic E-state index is 13.2. The van der Waals surface area contributed by atoms with Gasteiger partial charge >= 0.3 is 5.69 Å². The van der Waals surface area contributed by atoms with Gasteiger partial charge in [0, 0.05) is 32.0 Å². The minimum absolute atomic E-state index is 0.175. The van der Waals surface area contributed by atoms with Gasteiger partial charge < -0.3 is 14.0 Å². The Balaban J connectivity index is 1.79. The summed E-state index contributed by atoms with van der Waals surface area (Å²) in [7, 11) is 4.89. The summed E-state index contributed by atoms with van der Waals surface area (Å²) in [6.45, 7) is 6.99. The highest BCUT2D eigenvalue weighted by atomic mass is 16.5. The van der Waals surface area contributed by atoms with E-state index in [1.807, 2.05) is 45.2 Å². The Kier molecular flexibility index (Phi) is 5.58. The molecule has 9 nitrogen and oxygen atoms in total. The van der Waals surface area contributed by atoms with Crippen LogP contribution >= 0.6 is 0 Å². The third kappa shape index (κ3) is 3.47. The Morgan fingerprint density at radius 1 is 1.06 bits per heavy atom. The summed E-state index contributed by atoms with van der Waals surface area (Å²) in [5.41, 5.74) is 2.26. The van der Waals surface area contributed by atoms with E-state index in [1.54, 1.807) is 25.7 Å². The minimum Gasteiger partial charge on any atom is -0.493 e. The van der Waals surface area contributed by atoms with Crippen molar-refractivity contribution in [2.75, 3.05) is 14.2 Å². The van der Waals surface area contributed by atoms with Gasteiger partial charge in [0.05, 0.1) is 14.2 Å². The number of hydrogen-bond donors (Lipinski definition) is 0. The van der Waals surface area contributed by atoms with Gasteiger partial charge in [-0.1, -0.05) is 19.9 Å². The molecule has 0 bridgehead atoms. The normalized spacial score (nSPS) is 11.7. The lowest BCUT2D eigenvalue weighted by atomic mass is 10.1. The van der Waals surface area contributed by atoms with Crippen molar-refractivity contribution in [3.8, 4) is 11.5 Å². The molecule has 0 saturated carbocycles. The second-order valence-electron chi connectivity index (χ2n) is 8.47. The Morgan fingerprint density at radius 3 is 2.44 bits per heavy atom. The molecule has 0 radical (unpaired) electrons. The molecule has 0 amide bonds. The van der Waals surface area contributed by atoms with Crippen LogP contribution in [-0.4, -0.2) is 37.3 Å². The molecule has 0 aliphatic heterocycles. The molecule has 4 rings (SSSR count). The van der Waals surface area contributed by atoms with Crippen LogP contribution < -0.4 is 20.7 Å². The molecule has 3 aromatic heterocycles. The van der Waals surface area contributed by atoms with Crippen LogP contribution in [-0.2, 0) is 26.6 Å². The lowest BCUT2D eigenvalue weighted by Gasteiger charge is -2.10. The van der Waals surface area contributed by atoms with Crippen LogP contribution in [0, 0.1) is 12.8 Å². The van der Waals surface area contributed by atoms with Crippen molar-refractivity contribution >= 4 is 16.9 Å². The first-order valence-electron chi connectivity index (χ1n) is 10.7. The third-order valence-electron chi connectivity index (χ3n) is 5.76. The summed E-state index contributed by atoms with van der Waals surface area (Å²) in [4.78, 5) is 30.6. The minimum atomic E-state index is -0.342. The van der Waals surface area contributed by atoms with Crippen molar-refractivity contribution < 1.29 is 9.47 Å². The SMILES string of the molecule is COc1ccc(CCn2c(C)cn3c4c(=O)n(CC(C)C)c(=O)n(C)c4nc23)cc1OC. The molecule has 9 heteroatoms. The number of aromatic nitrogens is 5. The zero-order chi connectivity index (χ0) is 23.2. The van der Waals surface area contributed by atoms with Crippen molar-refractivity contribution in [2.45, 2.75) is 40.3 Å². The maximum atomic E-state index is 13.2. The molecule has 0 aliphatic rings. The standard InChI is InChI=1S/C23H29N5O4/c1-14(2)12-28-21(29)19-20(25(4)23(28)30)24-22-26(15(3)13-27(19)22)10-9-16-7-8-17(31-5)18(11-16)32-6/h7-8,11,13-14H,9-10,12H2,1-6H3. The predicted octanol–water partition coefficient (Wildman–Crippen LogP) is 2.37. The molecular formula is C23H29N5O4. The fraction of sp³-hybridized carbons (Fsp3) is 0.435. The summed E-state index contributed by atoms with van der Waals surface area (Å²) >= 11 is 0. The fourth-order valence-electron chi connectivity index (χ4n) is 4.13. The van der Waals surface area contributed by atoms with E-state index in [0.29, 0.717) is 41.5 Å². The molecule has 4 aromatic rings. The Labute approximate surface area is 185 Å². The highest BCUT2D eigenvalue weighted by Crippen LogP contribution is 2.28. The van der Waals surface area contributed by atoms with E-state index in [4.69, 9.17) is 9.47 Å². The predicted molar refractivity (Wildman–Crippen MR) is 123 cm³/mol. The topological polar surface area (TPSA) is 84.7 Å². The zero-order valence-corrected chi connectivity index (χ0v) is 19.4. The smallest absolute Gasteiger partial charge is 0.332 e. The lowest BCUT2D eigenvalue weighted by Crippen LogP contribution is -2.40. The number of methoxy groups -OCH3 is 2. The number of benzene rings is 1. The summed E-state index contributed by atoms with van der Waals surface area (Å²) in [5.74, 6) is 2.20. The van der Waals surface area contributed by atoms with Crippen molar-refractivity contribution in [1.29, 1.82) is 0 Å². The highest BCUT2D eigenvalue weighted by Gasteiger charge is 2.20. The molecular weight excluding hydrogens is 410 g/mol. The third-order valence-corrected chi connectivity index (χ3v) is 5.76. The van der Waals surface area contributed by atoms with E-state index in [0.717, 1.165) is 17.7 Å². The monoisotopic (exact) mass is 439 g/mol. The number of nitrogens with zero attached hydrogens (tertiary/aromatic N) is 5. The van der Waals surface area contributed by atoms with Crippen LogP contribution in [0.5, 0.6) is 11.5 Å². The Hall–Kier alpha value is -3.49. The van der Waals surface area contributed by atoms with Gasteiger partial charge in [-0.15, -0.1) is 0 Å². The summed E-state index contributed by atoms with van der Waals surface area (Å²) in [6, 6.07) is 5.86. The van der Waals surface area contributed by atoms with E-state index >= 15 is 0 Å². The number of imidazole rings is 2. The largest absolute Gasteiger partial charge is 0.493 e. The number of ether oxygens (including phenoxy) is 2. The molecule has 170 valence electrons. The zero-order valence-electron chi connectivity index (χ0n) is 19.4. The van der Waals surface area contributed by atoms with Crippen molar-refractivity contribution in [3.63, 3.8) is 0 Å². The first kappa shape index (κ1) is 21.7. The van der Waals surface area contributed by atoms with Gasteiger partial charge in [0.15, 0.2) is 22.7 Å². The van der Waals surface area contributed by atoms with Crippen LogP contribution in [0.25, 0.3) is 16.9 Å². The molecule has 0 atom stereocenters. The van der Waals surface area contributed by atoms with Gasteiger partial charge in [-0.3, -0.25) is 18.3 Å². The van der Waals surface area contributed by atoms with Crippen molar-refractivity contribution in [2.24, 2.45) is 13.0 Å². The van der Waals surface area contributed by atoms with Crippen LogP contribution in [0.4, 0.5) is 0 Å². The number of aryl methyl sites for hydroxylation is 4. The van der Waals surface area contributed by atoms with Crippen LogP contribution in [0.2, 0.25) is 0 Å². The van der Waals surface area contributed by atoms with Gasteiger partial charge in [0.2, 0.25) is 5.78 Å². The Bertz CT molecular complexity index is 1420. The second kappa shape index (κ2) is 8.22. The highest BCUT2D eigenvalue weighted by molar-refractivity contribution is 5.75. The van der Waals surface area contributed by atoms with Gasteiger partial charge in [0.25, 0.3) is 5.56 Å². The van der Waals surface area contributed by atoms with Crippen LogP contribution in [0.3, 0.4) is 0 Å². The molecule has 3 heterocycles. The average Bonchev–Trinajstić information content (AvgIpc) is 3.28. The summed E-state index contributed by atoms with van der Waals surface area (Å²) in [6.07, 6.45) is 2.65.